The van der Waals surface area contributed by atoms with Crippen molar-refractivity contribution in [3.63, 3.8) is 0 Å². The summed E-state index contributed by atoms with van der Waals surface area (Å²) in [6.07, 6.45) is 5.85. The topological polar surface area (TPSA) is 64.6 Å². The summed E-state index contributed by atoms with van der Waals surface area (Å²) in [5.74, 6) is 0.270. The molecule has 5 nitrogen and oxygen atoms in total. The Morgan fingerprint density at radius 1 is 1.35 bits per heavy atom. The normalized spacial score (nSPS) is 17.0. The van der Waals surface area contributed by atoms with Crippen LogP contribution in [-0.2, 0) is 25.7 Å². The lowest BCUT2D eigenvalue weighted by Crippen LogP contribution is -2.28. The Bertz CT molecular complexity index is 467. The quantitative estimate of drug-likeness (QED) is 0.496. The van der Waals surface area contributed by atoms with E-state index in [1.807, 2.05) is 43.3 Å². The molecular formula is C18H25NO4. The lowest BCUT2D eigenvalue weighted by molar-refractivity contribution is -0.137. The highest BCUT2D eigenvalue weighted by atomic mass is 16.5. The summed E-state index contributed by atoms with van der Waals surface area (Å²) in [7, 11) is 0. The van der Waals surface area contributed by atoms with Crippen LogP contribution < -0.4 is 5.32 Å². The molecule has 0 aromatic heterocycles. The average Bonchev–Trinajstić information content (AvgIpc) is 2.61. The van der Waals surface area contributed by atoms with Crippen molar-refractivity contribution in [3.05, 3.63) is 48.0 Å². The number of nitrogens with one attached hydrogen (secondary N) is 1. The Balaban J connectivity index is 0.000000238. The molecule has 1 aliphatic rings. The first kappa shape index (κ1) is 18.9. The maximum Gasteiger partial charge on any atom is 0.330 e. The van der Waals surface area contributed by atoms with Gasteiger partial charge in [0.1, 0.15) is 6.61 Å². The Labute approximate surface area is 137 Å². The molecule has 0 unspecified atom stereocenters. The van der Waals surface area contributed by atoms with Crippen molar-refractivity contribution in [2.45, 2.75) is 26.4 Å². The summed E-state index contributed by atoms with van der Waals surface area (Å²) >= 11 is 0. The Hall–Kier alpha value is -2.14. The van der Waals surface area contributed by atoms with Gasteiger partial charge in [-0.05, 0) is 37.8 Å². The second-order valence-electron chi connectivity index (χ2n) is 5.11. The van der Waals surface area contributed by atoms with Crippen LogP contribution in [0.2, 0.25) is 0 Å². The fourth-order valence-electron chi connectivity index (χ4n) is 2.15. The third-order valence-corrected chi connectivity index (χ3v) is 3.29. The molecule has 23 heavy (non-hydrogen) atoms. The third kappa shape index (κ3) is 9.47. The maximum atomic E-state index is 11.0. The van der Waals surface area contributed by atoms with Gasteiger partial charge in [-0.15, -0.1) is 0 Å². The van der Waals surface area contributed by atoms with Gasteiger partial charge in [0.05, 0.1) is 6.61 Å². The van der Waals surface area contributed by atoms with Crippen LogP contribution in [0.5, 0.6) is 0 Å². The average molecular weight is 319 g/mol. The van der Waals surface area contributed by atoms with Gasteiger partial charge in [-0.1, -0.05) is 36.4 Å². The number of ether oxygens (including phenoxy) is 2. The fraction of sp³-hybridized carbons (Fsp3) is 0.444. The second-order valence-corrected chi connectivity index (χ2v) is 5.11. The smallest absolute Gasteiger partial charge is 0.330 e. The number of carbonyl (C=O) groups excluding carboxylic acids is 2. The summed E-state index contributed by atoms with van der Waals surface area (Å²) in [6, 6.07) is 9.55. The Morgan fingerprint density at radius 2 is 2.13 bits per heavy atom. The van der Waals surface area contributed by atoms with Gasteiger partial charge in [-0.25, -0.2) is 4.79 Å². The highest BCUT2D eigenvalue weighted by Gasteiger charge is 2.09. The molecule has 126 valence electrons. The van der Waals surface area contributed by atoms with Gasteiger partial charge in [0, 0.05) is 12.6 Å². The van der Waals surface area contributed by atoms with Gasteiger partial charge < -0.3 is 14.8 Å². The van der Waals surface area contributed by atoms with Crippen LogP contribution in [0, 0.1) is 5.92 Å². The third-order valence-electron chi connectivity index (χ3n) is 3.29. The van der Waals surface area contributed by atoms with Crippen molar-refractivity contribution in [3.8, 4) is 0 Å². The van der Waals surface area contributed by atoms with E-state index in [4.69, 9.17) is 4.74 Å². The highest BCUT2D eigenvalue weighted by molar-refractivity contribution is 5.81. The first-order valence-electron chi connectivity index (χ1n) is 7.91. The van der Waals surface area contributed by atoms with Crippen molar-refractivity contribution in [2.75, 3.05) is 19.7 Å². The van der Waals surface area contributed by atoms with Crippen LogP contribution >= 0.6 is 0 Å². The molecule has 0 radical (unpaired) electrons. The number of piperidine rings is 1. The lowest BCUT2D eigenvalue weighted by Gasteiger charge is -2.19. The van der Waals surface area contributed by atoms with Gasteiger partial charge in [-0.2, -0.15) is 0 Å². The minimum Gasteiger partial charge on any atom is -0.463 e. The van der Waals surface area contributed by atoms with Crippen LogP contribution in [0.15, 0.2) is 42.5 Å². The van der Waals surface area contributed by atoms with Gasteiger partial charge in [0.25, 0.3) is 6.47 Å². The first-order valence-corrected chi connectivity index (χ1v) is 7.91. The van der Waals surface area contributed by atoms with Crippen molar-refractivity contribution >= 4 is 12.4 Å². The molecule has 0 bridgehead atoms. The summed E-state index contributed by atoms with van der Waals surface area (Å²) in [5.41, 5.74) is 1.01. The fourth-order valence-corrected chi connectivity index (χ4v) is 2.15. The number of carbonyl (C=O) groups is 2. The van der Waals surface area contributed by atoms with Crippen molar-refractivity contribution in [1.82, 2.24) is 5.32 Å². The number of benzene rings is 1. The zero-order valence-electron chi connectivity index (χ0n) is 13.6. The van der Waals surface area contributed by atoms with Crippen molar-refractivity contribution < 1.29 is 19.1 Å². The summed E-state index contributed by atoms with van der Waals surface area (Å²) < 4.78 is 9.33. The van der Waals surface area contributed by atoms with Crippen LogP contribution in [0.25, 0.3) is 0 Å². The van der Waals surface area contributed by atoms with E-state index in [2.05, 4.69) is 10.1 Å². The number of hydrogen-bond donors (Lipinski definition) is 1. The monoisotopic (exact) mass is 319 g/mol. The Morgan fingerprint density at radius 3 is 2.74 bits per heavy atom. The number of esters is 1. The first-order chi connectivity index (χ1) is 11.3. The molecule has 1 aliphatic heterocycles. The molecule has 0 saturated carbocycles. The standard InChI is InChI=1S/C10H17NO2.C8H8O2/c1-2-13-10(12)6-5-9-4-3-7-11-8-9;9-7-10-6-8-4-2-1-3-5-8/h5-6,9,11H,2-4,7-8H2,1H3;1-5,7H,6H2/b6-5+;/t9-;/m0./s1. The summed E-state index contributed by atoms with van der Waals surface area (Å²) in [6.45, 7) is 5.16. The molecular weight excluding hydrogens is 294 g/mol. The van der Waals surface area contributed by atoms with E-state index >= 15 is 0 Å². The SMILES string of the molecule is CCOC(=O)/C=C/[C@@H]1CCCNC1.O=COCc1ccccc1. The van der Waals surface area contributed by atoms with E-state index in [9.17, 15) is 9.59 Å². The molecule has 1 aromatic rings. The molecule has 5 heteroatoms. The van der Waals surface area contributed by atoms with Gasteiger partial charge in [0.15, 0.2) is 0 Å². The molecule has 1 saturated heterocycles. The maximum absolute atomic E-state index is 11.0. The van der Waals surface area contributed by atoms with Gasteiger partial charge >= 0.3 is 5.97 Å². The van der Waals surface area contributed by atoms with E-state index in [0.29, 0.717) is 25.6 Å². The van der Waals surface area contributed by atoms with Crippen LogP contribution in [0.3, 0.4) is 0 Å². The number of hydrogen-bond acceptors (Lipinski definition) is 5. The predicted octanol–water partition coefficient (Wildman–Crippen LogP) is 2.46. The van der Waals surface area contributed by atoms with Crippen LogP contribution in [0.4, 0.5) is 0 Å². The highest BCUT2D eigenvalue weighted by Crippen LogP contribution is 2.10. The minimum atomic E-state index is -0.229. The lowest BCUT2D eigenvalue weighted by atomic mass is 9.99. The molecule has 1 fully saturated rings. The van der Waals surface area contributed by atoms with Gasteiger partial charge in [0.2, 0.25) is 0 Å². The molecule has 2 rings (SSSR count). The molecule has 1 heterocycles. The number of rotatable bonds is 6. The summed E-state index contributed by atoms with van der Waals surface area (Å²) in [5, 5.41) is 3.29. The van der Waals surface area contributed by atoms with Crippen molar-refractivity contribution in [2.24, 2.45) is 5.92 Å². The van der Waals surface area contributed by atoms with E-state index in [-0.39, 0.29) is 5.97 Å². The van der Waals surface area contributed by atoms with E-state index in [1.54, 1.807) is 6.08 Å². The largest absolute Gasteiger partial charge is 0.463 e. The predicted molar refractivity (Wildman–Crippen MR) is 88.7 cm³/mol. The molecule has 1 aromatic carbocycles. The molecule has 0 spiro atoms. The van der Waals surface area contributed by atoms with E-state index in [1.165, 1.54) is 12.8 Å². The molecule has 1 atom stereocenters. The van der Waals surface area contributed by atoms with Crippen LogP contribution in [-0.4, -0.2) is 32.1 Å². The Kier molecular flexibility index (Phi) is 10.2. The van der Waals surface area contributed by atoms with Crippen molar-refractivity contribution in [1.29, 1.82) is 0 Å². The zero-order chi connectivity index (χ0) is 16.8. The molecule has 0 aliphatic carbocycles. The van der Waals surface area contributed by atoms with E-state index in [0.717, 1.165) is 18.7 Å². The molecule has 1 N–H and O–H groups in total. The molecule has 0 amide bonds. The zero-order valence-corrected chi connectivity index (χ0v) is 13.6. The van der Waals surface area contributed by atoms with E-state index < -0.39 is 0 Å². The minimum absolute atomic E-state index is 0.229. The van der Waals surface area contributed by atoms with Crippen LogP contribution in [0.1, 0.15) is 25.3 Å². The second kappa shape index (κ2) is 12.4. The van der Waals surface area contributed by atoms with Gasteiger partial charge in [-0.3, -0.25) is 4.79 Å². The summed E-state index contributed by atoms with van der Waals surface area (Å²) in [4.78, 5) is 20.7.